The van der Waals surface area contributed by atoms with Crippen molar-refractivity contribution in [2.45, 2.75) is 26.3 Å². The topological polar surface area (TPSA) is 68.1 Å². The van der Waals surface area contributed by atoms with Gasteiger partial charge in [-0.25, -0.2) is 12.7 Å². The third-order valence-electron chi connectivity index (χ3n) is 4.30. The van der Waals surface area contributed by atoms with Gasteiger partial charge in [-0.05, 0) is 43.9 Å². The third kappa shape index (κ3) is 3.61. The Morgan fingerprint density at radius 3 is 2.83 bits per heavy atom. The van der Waals surface area contributed by atoms with Gasteiger partial charge in [0.05, 0.1) is 17.6 Å². The maximum atomic E-state index is 11.6. The molecule has 23 heavy (non-hydrogen) atoms. The molecule has 124 valence electrons. The van der Waals surface area contributed by atoms with E-state index in [2.05, 4.69) is 12.0 Å². The molecule has 3 rings (SSSR count). The Kier molecular flexibility index (Phi) is 4.50. The van der Waals surface area contributed by atoms with Crippen LogP contribution in [0.1, 0.15) is 19.0 Å². The summed E-state index contributed by atoms with van der Waals surface area (Å²) in [6.45, 7) is 4.07. The minimum atomic E-state index is -3.08. The largest absolute Gasteiger partial charge is 0.264 e. The van der Waals surface area contributed by atoms with Crippen LogP contribution in [0, 0.1) is 5.92 Å². The predicted octanol–water partition coefficient (Wildman–Crippen LogP) is 1.79. The Bertz CT molecular complexity index is 785. The van der Waals surface area contributed by atoms with Gasteiger partial charge in [0.2, 0.25) is 10.0 Å². The van der Waals surface area contributed by atoms with E-state index in [4.69, 9.17) is 4.98 Å². The minimum Gasteiger partial charge on any atom is -0.264 e. The molecule has 0 amide bonds. The number of sulfonamides is 1. The van der Waals surface area contributed by atoms with Crippen molar-refractivity contribution in [1.82, 2.24) is 19.1 Å². The average molecular weight is 334 g/mol. The van der Waals surface area contributed by atoms with Crippen LogP contribution >= 0.6 is 0 Å². The van der Waals surface area contributed by atoms with Crippen LogP contribution in [0.2, 0.25) is 0 Å². The van der Waals surface area contributed by atoms with Crippen molar-refractivity contribution in [2.75, 3.05) is 19.3 Å². The monoisotopic (exact) mass is 334 g/mol. The lowest BCUT2D eigenvalue weighted by Crippen LogP contribution is -2.27. The highest BCUT2D eigenvalue weighted by atomic mass is 32.2. The van der Waals surface area contributed by atoms with E-state index in [1.54, 1.807) is 10.5 Å². The molecule has 3 heterocycles. The summed E-state index contributed by atoms with van der Waals surface area (Å²) in [7, 11) is -3.08. The van der Waals surface area contributed by atoms with Crippen LogP contribution in [-0.4, -0.2) is 46.8 Å². The highest BCUT2D eigenvalue weighted by Crippen LogP contribution is 2.23. The van der Waals surface area contributed by atoms with Crippen LogP contribution in [0.4, 0.5) is 0 Å². The molecule has 1 fully saturated rings. The summed E-state index contributed by atoms with van der Waals surface area (Å²) in [5.41, 5.74) is 2.94. The number of aryl methyl sites for hydroxylation is 1. The second-order valence-corrected chi connectivity index (χ2v) is 8.01. The lowest BCUT2D eigenvalue weighted by molar-refractivity contribution is 0.459. The minimum absolute atomic E-state index is 0.337. The first-order chi connectivity index (χ1) is 11.0. The van der Waals surface area contributed by atoms with Crippen molar-refractivity contribution in [2.24, 2.45) is 5.92 Å². The number of pyridine rings is 1. The lowest BCUT2D eigenvalue weighted by Gasteiger charge is -2.13. The fraction of sp³-hybridized carbons (Fsp3) is 0.500. The van der Waals surface area contributed by atoms with Crippen LogP contribution in [0.25, 0.3) is 11.4 Å². The van der Waals surface area contributed by atoms with E-state index in [0.29, 0.717) is 19.0 Å². The molecule has 0 radical (unpaired) electrons. The number of hydrogen-bond acceptors (Lipinski definition) is 4. The van der Waals surface area contributed by atoms with E-state index in [-0.39, 0.29) is 0 Å². The van der Waals surface area contributed by atoms with Crippen LogP contribution in [0.5, 0.6) is 0 Å². The predicted molar refractivity (Wildman–Crippen MR) is 89.4 cm³/mol. The molecule has 1 aliphatic rings. The van der Waals surface area contributed by atoms with Gasteiger partial charge >= 0.3 is 0 Å². The molecule has 0 aliphatic carbocycles. The molecule has 0 N–H and O–H groups in total. The molecule has 2 aromatic rings. The molecule has 0 saturated carbocycles. The van der Waals surface area contributed by atoms with Gasteiger partial charge in [-0.1, -0.05) is 6.07 Å². The average Bonchev–Trinajstić information content (AvgIpc) is 3.15. The number of hydrogen-bond donors (Lipinski definition) is 0. The maximum absolute atomic E-state index is 11.6. The van der Waals surface area contributed by atoms with Crippen molar-refractivity contribution in [3.8, 4) is 11.4 Å². The zero-order chi connectivity index (χ0) is 16.4. The maximum Gasteiger partial charge on any atom is 0.211 e. The summed E-state index contributed by atoms with van der Waals surface area (Å²) in [6.07, 6.45) is 4.76. The first-order valence-electron chi connectivity index (χ1n) is 7.90. The smallest absolute Gasteiger partial charge is 0.211 e. The van der Waals surface area contributed by atoms with Crippen molar-refractivity contribution < 1.29 is 8.42 Å². The van der Waals surface area contributed by atoms with E-state index in [9.17, 15) is 8.42 Å². The fourth-order valence-corrected chi connectivity index (χ4v) is 4.02. The normalized spacial score (nSPS) is 19.3. The number of aromatic nitrogens is 3. The van der Waals surface area contributed by atoms with E-state index in [0.717, 1.165) is 36.5 Å². The lowest BCUT2D eigenvalue weighted by atomic mass is 10.0. The van der Waals surface area contributed by atoms with Crippen LogP contribution in [-0.2, 0) is 23.0 Å². The summed E-state index contributed by atoms with van der Waals surface area (Å²) in [5, 5.41) is 4.28. The molecule has 0 unspecified atom stereocenters. The van der Waals surface area contributed by atoms with Gasteiger partial charge in [-0.2, -0.15) is 5.10 Å². The van der Waals surface area contributed by atoms with Crippen molar-refractivity contribution in [1.29, 1.82) is 0 Å². The highest BCUT2D eigenvalue weighted by Gasteiger charge is 2.28. The zero-order valence-corrected chi connectivity index (χ0v) is 14.3. The molecule has 7 heteroatoms. The Labute approximate surface area is 137 Å². The zero-order valence-electron chi connectivity index (χ0n) is 13.5. The molecule has 1 saturated heterocycles. The highest BCUT2D eigenvalue weighted by molar-refractivity contribution is 7.88. The van der Waals surface area contributed by atoms with Crippen LogP contribution in [0.15, 0.2) is 30.5 Å². The summed E-state index contributed by atoms with van der Waals surface area (Å²) in [6, 6.07) is 7.98. The van der Waals surface area contributed by atoms with Crippen LogP contribution < -0.4 is 0 Å². The SMILES string of the molecule is CCn1nccc1-c1cccc(C[C@H]2CCN(S(C)(=O)=O)C2)n1. The molecule has 6 nitrogen and oxygen atoms in total. The molecule has 1 aliphatic heterocycles. The summed E-state index contributed by atoms with van der Waals surface area (Å²) in [4.78, 5) is 4.75. The van der Waals surface area contributed by atoms with Gasteiger partial charge in [-0.3, -0.25) is 9.67 Å². The standard InChI is InChI=1S/C16H22N4O2S/c1-3-20-16(7-9-17-20)15-6-4-5-14(18-15)11-13-8-10-19(12-13)23(2,21)22/h4-7,9,13H,3,8,10-12H2,1-2H3/t13-/m1/s1. The molecule has 0 spiro atoms. The second-order valence-electron chi connectivity index (χ2n) is 6.03. The number of rotatable bonds is 5. The quantitative estimate of drug-likeness (QED) is 0.836. The van der Waals surface area contributed by atoms with Gasteiger partial charge in [-0.15, -0.1) is 0 Å². The summed E-state index contributed by atoms with van der Waals surface area (Å²) < 4.78 is 26.7. The molecule has 0 bridgehead atoms. The van der Waals surface area contributed by atoms with Gasteiger partial charge in [0, 0.05) is 31.5 Å². The third-order valence-corrected chi connectivity index (χ3v) is 5.57. The van der Waals surface area contributed by atoms with E-state index in [1.807, 2.05) is 28.9 Å². The van der Waals surface area contributed by atoms with E-state index >= 15 is 0 Å². The second kappa shape index (κ2) is 6.41. The molecule has 1 atom stereocenters. The van der Waals surface area contributed by atoms with Gasteiger partial charge in [0.25, 0.3) is 0 Å². The van der Waals surface area contributed by atoms with Crippen molar-refractivity contribution >= 4 is 10.0 Å². The summed E-state index contributed by atoms with van der Waals surface area (Å²) >= 11 is 0. The van der Waals surface area contributed by atoms with E-state index < -0.39 is 10.0 Å². The van der Waals surface area contributed by atoms with Gasteiger partial charge < -0.3 is 0 Å². The van der Waals surface area contributed by atoms with Crippen molar-refractivity contribution in [3.05, 3.63) is 36.2 Å². The Morgan fingerprint density at radius 2 is 2.13 bits per heavy atom. The molecular weight excluding hydrogens is 312 g/mol. The van der Waals surface area contributed by atoms with Gasteiger partial charge in [0.15, 0.2) is 0 Å². The fourth-order valence-electron chi connectivity index (χ4n) is 3.10. The number of nitrogens with zero attached hydrogens (tertiary/aromatic N) is 4. The Hall–Kier alpha value is -1.73. The van der Waals surface area contributed by atoms with Gasteiger partial charge in [0.1, 0.15) is 0 Å². The Balaban J connectivity index is 1.74. The molecule has 0 aromatic carbocycles. The van der Waals surface area contributed by atoms with Crippen molar-refractivity contribution in [3.63, 3.8) is 0 Å². The van der Waals surface area contributed by atoms with Crippen LogP contribution in [0.3, 0.4) is 0 Å². The molecule has 2 aromatic heterocycles. The first kappa shape index (κ1) is 16.1. The molecular formula is C16H22N4O2S. The van der Waals surface area contributed by atoms with E-state index in [1.165, 1.54) is 6.26 Å². The first-order valence-corrected chi connectivity index (χ1v) is 9.75. The Morgan fingerprint density at radius 1 is 1.30 bits per heavy atom. The summed E-state index contributed by atoms with van der Waals surface area (Å²) in [5.74, 6) is 0.337.